The van der Waals surface area contributed by atoms with Gasteiger partial charge >= 0.3 is 136 Å². The van der Waals surface area contributed by atoms with Gasteiger partial charge in [0.05, 0.1) is 0 Å². The Hall–Kier alpha value is -0.361. The minimum atomic E-state index is 0.209. The third-order valence-corrected chi connectivity index (χ3v) is 9.78. The Morgan fingerprint density at radius 3 is 1.80 bits per heavy atom. The fraction of sp³-hybridized carbons (Fsp3) is 0.167. The van der Waals surface area contributed by atoms with Gasteiger partial charge in [0.1, 0.15) is 0 Å². The molecule has 0 unspecified atom stereocenters. The molecule has 4 nitrogen and oxygen atoms in total. The third-order valence-electron chi connectivity index (χ3n) is 3.55. The van der Waals surface area contributed by atoms with Crippen molar-refractivity contribution < 1.29 is 0 Å². The third kappa shape index (κ3) is 1.64. The van der Waals surface area contributed by atoms with E-state index < -0.39 is 0 Å². The molecule has 2 aromatic heterocycles. The molecule has 0 bridgehead atoms. The van der Waals surface area contributed by atoms with Gasteiger partial charge in [-0.2, -0.15) is 0 Å². The van der Waals surface area contributed by atoms with Crippen LogP contribution >= 0.6 is 23.5 Å². The fourth-order valence-corrected chi connectivity index (χ4v) is 8.09. The van der Waals surface area contributed by atoms with Crippen LogP contribution in [-0.4, -0.2) is 47.9 Å². The minimum absolute atomic E-state index is 0.209. The van der Waals surface area contributed by atoms with Crippen LogP contribution in [0.5, 0.6) is 0 Å². The number of hydrogen-bond acceptors (Lipinski definition) is 6. The van der Waals surface area contributed by atoms with E-state index in [2.05, 4.69) is 30.5 Å². The fourth-order valence-electron chi connectivity index (χ4n) is 2.62. The van der Waals surface area contributed by atoms with Gasteiger partial charge in [-0.15, -0.1) is 0 Å². The van der Waals surface area contributed by atoms with Gasteiger partial charge < -0.3 is 0 Å². The Morgan fingerprint density at radius 2 is 1.30 bits per heavy atom. The number of benzene rings is 1. The predicted molar refractivity (Wildman–Crippen MR) is 81.5 cm³/mol. The molecule has 0 radical (unpaired) electrons. The zero-order valence-corrected chi connectivity index (χ0v) is 15.0. The first-order valence-electron chi connectivity index (χ1n) is 5.97. The van der Waals surface area contributed by atoms with Crippen molar-refractivity contribution in [2.75, 3.05) is 0 Å². The molecule has 8 heteroatoms. The standard InChI is InChI=1S/C12H6N4S2Se2/c1-2-6-8(4-18-12-10(6)14-16-20-12)7-3-17-11-9(5(1)7)13-15-19-11/h1-2H,3-4H2. The van der Waals surface area contributed by atoms with E-state index in [0.29, 0.717) is 0 Å². The van der Waals surface area contributed by atoms with Crippen LogP contribution in [0.15, 0.2) is 19.7 Å². The Balaban J connectivity index is 1.80. The van der Waals surface area contributed by atoms with Gasteiger partial charge in [-0.05, 0) is 0 Å². The van der Waals surface area contributed by atoms with Crippen LogP contribution in [0.4, 0.5) is 0 Å². The number of nitrogens with zero attached hydrogens (tertiary/aromatic N) is 4. The van der Waals surface area contributed by atoms with Crippen molar-refractivity contribution in [3.63, 3.8) is 0 Å². The quantitative estimate of drug-likeness (QED) is 0.511. The van der Waals surface area contributed by atoms with Crippen LogP contribution in [0.25, 0.3) is 22.5 Å². The molecule has 0 fully saturated rings. The van der Waals surface area contributed by atoms with E-state index in [-0.39, 0.29) is 29.5 Å². The molecule has 2 aliphatic heterocycles. The van der Waals surface area contributed by atoms with Gasteiger partial charge in [0.25, 0.3) is 0 Å². The number of thioether (sulfide) groups is 2. The van der Waals surface area contributed by atoms with Crippen LogP contribution in [0.2, 0.25) is 0 Å². The average molecular weight is 428 g/mol. The maximum atomic E-state index is 4.37. The van der Waals surface area contributed by atoms with Gasteiger partial charge in [0.15, 0.2) is 0 Å². The first-order valence-corrected chi connectivity index (χ1v) is 11.2. The van der Waals surface area contributed by atoms with E-state index >= 15 is 0 Å². The molecule has 0 spiro atoms. The van der Waals surface area contributed by atoms with Crippen LogP contribution < -0.4 is 0 Å². The number of hydrogen-bond donors (Lipinski definition) is 0. The molecule has 0 N–H and O–H groups in total. The molecule has 4 heterocycles. The Labute approximate surface area is 135 Å². The van der Waals surface area contributed by atoms with E-state index in [9.17, 15) is 0 Å². The molecule has 0 saturated carbocycles. The molecule has 0 amide bonds. The molecular formula is C12H6N4S2Se2. The van der Waals surface area contributed by atoms with Gasteiger partial charge in [-0.1, -0.05) is 0 Å². The summed E-state index contributed by atoms with van der Waals surface area (Å²) < 4.78 is 11.3. The van der Waals surface area contributed by atoms with E-state index in [1.165, 1.54) is 29.8 Å². The zero-order valence-electron chi connectivity index (χ0n) is 9.99. The van der Waals surface area contributed by atoms with Gasteiger partial charge in [0, 0.05) is 0 Å². The van der Waals surface area contributed by atoms with Crippen LogP contribution in [0.1, 0.15) is 11.1 Å². The molecule has 98 valence electrons. The average Bonchev–Trinajstić information content (AvgIpc) is 3.14. The van der Waals surface area contributed by atoms with E-state index in [1.54, 1.807) is 0 Å². The summed E-state index contributed by atoms with van der Waals surface area (Å²) in [6.07, 6.45) is 0. The molecule has 3 aromatic rings. The van der Waals surface area contributed by atoms with Crippen LogP contribution in [-0.2, 0) is 11.5 Å². The molecule has 2 aliphatic rings. The second-order valence-electron chi connectivity index (χ2n) is 4.51. The van der Waals surface area contributed by atoms with Crippen LogP contribution in [0.3, 0.4) is 0 Å². The summed E-state index contributed by atoms with van der Waals surface area (Å²) in [5, 5.41) is 8.74. The number of fused-ring (bicyclic) bond motifs is 7. The predicted octanol–water partition coefficient (Wildman–Crippen LogP) is 1.93. The number of rotatable bonds is 0. The van der Waals surface area contributed by atoms with Crippen molar-refractivity contribution in [1.29, 1.82) is 0 Å². The Kier molecular flexibility index (Phi) is 2.79. The topological polar surface area (TPSA) is 51.6 Å². The summed E-state index contributed by atoms with van der Waals surface area (Å²) in [5.74, 6) is 2.10. The summed E-state index contributed by atoms with van der Waals surface area (Å²) in [7, 11) is 0. The molecular weight excluding hydrogens is 422 g/mol. The summed E-state index contributed by atoms with van der Waals surface area (Å²) >= 11 is 4.26. The van der Waals surface area contributed by atoms with Gasteiger partial charge in [0.2, 0.25) is 0 Å². The maximum absolute atomic E-state index is 4.37. The number of aromatic nitrogens is 4. The van der Waals surface area contributed by atoms with Gasteiger partial charge in [-0.3, -0.25) is 0 Å². The van der Waals surface area contributed by atoms with Crippen molar-refractivity contribution in [3.05, 3.63) is 23.3 Å². The van der Waals surface area contributed by atoms with E-state index in [0.717, 1.165) is 22.9 Å². The molecule has 5 rings (SSSR count). The first-order chi connectivity index (χ1) is 9.92. The van der Waals surface area contributed by atoms with Crippen molar-refractivity contribution in [2.24, 2.45) is 0 Å². The van der Waals surface area contributed by atoms with Crippen molar-refractivity contribution >= 4 is 53.0 Å². The summed E-state index contributed by atoms with van der Waals surface area (Å²) in [5.41, 5.74) is 7.73. The SMILES string of the molecule is c1cc2c(c3c1-c1nn[se]c1SC3)CSc1[se]nnc1-2. The van der Waals surface area contributed by atoms with Gasteiger partial charge in [-0.25, -0.2) is 0 Å². The second kappa shape index (κ2) is 4.57. The zero-order chi connectivity index (χ0) is 13.1. The molecule has 0 saturated heterocycles. The van der Waals surface area contributed by atoms with Crippen LogP contribution in [0, 0.1) is 0 Å². The van der Waals surface area contributed by atoms with Crippen molar-refractivity contribution in [1.82, 2.24) is 18.4 Å². The summed E-state index contributed by atoms with van der Waals surface area (Å²) in [6.45, 7) is 0. The normalized spacial score (nSPS) is 15.2. The van der Waals surface area contributed by atoms with Crippen molar-refractivity contribution in [2.45, 2.75) is 19.0 Å². The van der Waals surface area contributed by atoms with Crippen molar-refractivity contribution in [3.8, 4) is 22.5 Å². The molecule has 0 atom stereocenters. The Morgan fingerprint density at radius 1 is 0.800 bits per heavy atom. The molecule has 20 heavy (non-hydrogen) atoms. The summed E-state index contributed by atoms with van der Waals surface area (Å²) in [6, 6.07) is 4.43. The van der Waals surface area contributed by atoms with E-state index in [1.807, 2.05) is 23.5 Å². The second-order valence-corrected chi connectivity index (χ2v) is 10.8. The molecule has 0 aliphatic carbocycles. The Bertz CT molecular complexity index is 773. The molecule has 1 aromatic carbocycles. The summed E-state index contributed by atoms with van der Waals surface area (Å²) in [4.78, 5) is 0. The monoisotopic (exact) mass is 430 g/mol. The first kappa shape index (κ1) is 12.2. The van der Waals surface area contributed by atoms with E-state index in [4.69, 9.17) is 0 Å².